The van der Waals surface area contributed by atoms with E-state index < -0.39 is 23.6 Å². The molecule has 0 fully saturated rings. The van der Waals surface area contributed by atoms with E-state index in [4.69, 9.17) is 10.5 Å². The molecule has 1 aromatic carbocycles. The Labute approximate surface area is 131 Å². The summed E-state index contributed by atoms with van der Waals surface area (Å²) in [7, 11) is 0. The predicted octanol–water partition coefficient (Wildman–Crippen LogP) is 2.51. The molecule has 5 nitrogen and oxygen atoms in total. The molecule has 0 heterocycles. The molecular formula is C17H24N2O3. The number of carbonyl (C=O) groups excluding carboxylic acids is 2. The highest BCUT2D eigenvalue weighted by molar-refractivity contribution is 5.84. The molecule has 5 heteroatoms. The molecule has 1 atom stereocenters. The molecule has 0 aliphatic rings. The minimum atomic E-state index is -0.782. The van der Waals surface area contributed by atoms with Crippen molar-refractivity contribution in [2.45, 2.75) is 38.8 Å². The summed E-state index contributed by atoms with van der Waals surface area (Å²) in [6, 6.07) is 8.62. The monoisotopic (exact) mass is 304 g/mol. The molecule has 0 spiro atoms. The SMILES string of the molecule is C=CCN(C(=O)OC(C)(C)C)[C@@H](Cc1ccccc1)C(N)=O. The van der Waals surface area contributed by atoms with E-state index in [9.17, 15) is 9.59 Å². The van der Waals surface area contributed by atoms with Gasteiger partial charge in [0, 0.05) is 13.0 Å². The van der Waals surface area contributed by atoms with Crippen LogP contribution >= 0.6 is 0 Å². The van der Waals surface area contributed by atoms with Gasteiger partial charge < -0.3 is 10.5 Å². The molecule has 1 aromatic rings. The first-order chi connectivity index (χ1) is 10.2. The largest absolute Gasteiger partial charge is 0.444 e. The van der Waals surface area contributed by atoms with Crippen LogP contribution in [0.25, 0.3) is 0 Å². The minimum Gasteiger partial charge on any atom is -0.444 e. The van der Waals surface area contributed by atoms with Crippen molar-refractivity contribution in [1.82, 2.24) is 4.90 Å². The Morgan fingerprint density at radius 2 is 1.91 bits per heavy atom. The van der Waals surface area contributed by atoms with Gasteiger partial charge in [0.2, 0.25) is 5.91 Å². The van der Waals surface area contributed by atoms with Crippen molar-refractivity contribution < 1.29 is 14.3 Å². The average molecular weight is 304 g/mol. The summed E-state index contributed by atoms with van der Waals surface area (Å²) in [5.41, 5.74) is 5.77. The second-order valence-electron chi connectivity index (χ2n) is 6.03. The topological polar surface area (TPSA) is 72.6 Å². The number of carbonyl (C=O) groups is 2. The fourth-order valence-corrected chi connectivity index (χ4v) is 1.99. The Bertz CT molecular complexity index is 520. The van der Waals surface area contributed by atoms with Gasteiger partial charge in [0.15, 0.2) is 0 Å². The Morgan fingerprint density at radius 3 is 2.36 bits per heavy atom. The van der Waals surface area contributed by atoms with Crippen molar-refractivity contribution in [2.24, 2.45) is 5.73 Å². The zero-order valence-corrected chi connectivity index (χ0v) is 13.4. The van der Waals surface area contributed by atoms with Crippen LogP contribution in [0, 0.1) is 0 Å². The molecule has 0 saturated carbocycles. The van der Waals surface area contributed by atoms with Gasteiger partial charge in [-0.1, -0.05) is 36.4 Å². The quantitative estimate of drug-likeness (QED) is 0.821. The van der Waals surface area contributed by atoms with E-state index in [-0.39, 0.29) is 6.54 Å². The normalized spacial score (nSPS) is 12.3. The zero-order chi connectivity index (χ0) is 16.8. The van der Waals surface area contributed by atoms with Crippen LogP contribution in [-0.2, 0) is 16.0 Å². The van der Waals surface area contributed by atoms with Gasteiger partial charge in [-0.05, 0) is 26.3 Å². The Balaban J connectivity index is 2.99. The Morgan fingerprint density at radius 1 is 1.32 bits per heavy atom. The standard InChI is InChI=1S/C17H24N2O3/c1-5-11-19(16(21)22-17(2,3)4)14(15(18)20)12-13-9-7-6-8-10-13/h5-10,14H,1,11-12H2,2-4H3,(H2,18,20)/t14-/m0/s1. The maximum atomic E-state index is 12.3. The molecule has 0 unspecified atom stereocenters. The Hall–Kier alpha value is -2.30. The number of ether oxygens (including phenoxy) is 1. The van der Waals surface area contributed by atoms with Crippen molar-refractivity contribution in [1.29, 1.82) is 0 Å². The number of benzene rings is 1. The van der Waals surface area contributed by atoms with E-state index in [0.29, 0.717) is 6.42 Å². The fraction of sp³-hybridized carbons (Fsp3) is 0.412. The highest BCUT2D eigenvalue weighted by atomic mass is 16.6. The maximum Gasteiger partial charge on any atom is 0.411 e. The van der Waals surface area contributed by atoms with E-state index in [1.54, 1.807) is 26.8 Å². The lowest BCUT2D eigenvalue weighted by Gasteiger charge is -2.31. The number of nitrogens with zero attached hydrogens (tertiary/aromatic N) is 1. The number of nitrogens with two attached hydrogens (primary N) is 1. The first-order valence-corrected chi connectivity index (χ1v) is 7.18. The third-order valence-electron chi connectivity index (χ3n) is 2.93. The smallest absolute Gasteiger partial charge is 0.411 e. The highest BCUT2D eigenvalue weighted by Crippen LogP contribution is 2.15. The van der Waals surface area contributed by atoms with Crippen LogP contribution in [-0.4, -0.2) is 35.1 Å². The highest BCUT2D eigenvalue weighted by Gasteiger charge is 2.31. The lowest BCUT2D eigenvalue weighted by atomic mass is 10.0. The molecule has 0 bridgehead atoms. The van der Waals surface area contributed by atoms with Crippen molar-refractivity contribution in [3.8, 4) is 0 Å². The summed E-state index contributed by atoms with van der Waals surface area (Å²) in [6.07, 6.45) is 1.31. The molecule has 1 rings (SSSR count). The summed E-state index contributed by atoms with van der Waals surface area (Å²) < 4.78 is 5.35. The molecule has 0 aliphatic heterocycles. The molecule has 0 aliphatic carbocycles. The molecule has 0 saturated heterocycles. The van der Waals surface area contributed by atoms with Gasteiger partial charge in [-0.3, -0.25) is 9.69 Å². The number of amides is 2. The van der Waals surface area contributed by atoms with E-state index in [2.05, 4.69) is 6.58 Å². The summed E-state index contributed by atoms with van der Waals surface area (Å²) in [6.45, 7) is 9.13. The van der Waals surface area contributed by atoms with Crippen LogP contribution < -0.4 is 5.73 Å². The van der Waals surface area contributed by atoms with Crippen LogP contribution in [0.3, 0.4) is 0 Å². The van der Waals surface area contributed by atoms with E-state index in [0.717, 1.165) is 5.56 Å². The van der Waals surface area contributed by atoms with Gasteiger partial charge in [-0.25, -0.2) is 4.79 Å². The third kappa shape index (κ3) is 5.60. The van der Waals surface area contributed by atoms with Gasteiger partial charge in [0.1, 0.15) is 11.6 Å². The fourth-order valence-electron chi connectivity index (χ4n) is 1.99. The van der Waals surface area contributed by atoms with Crippen LogP contribution in [0.4, 0.5) is 4.79 Å². The van der Waals surface area contributed by atoms with Gasteiger partial charge in [-0.2, -0.15) is 0 Å². The number of hydrogen-bond acceptors (Lipinski definition) is 3. The molecular weight excluding hydrogens is 280 g/mol. The number of hydrogen-bond donors (Lipinski definition) is 1. The molecule has 22 heavy (non-hydrogen) atoms. The number of primary amides is 1. The van der Waals surface area contributed by atoms with Crippen LogP contribution in [0.5, 0.6) is 0 Å². The van der Waals surface area contributed by atoms with Crippen molar-refractivity contribution in [2.75, 3.05) is 6.54 Å². The first kappa shape index (κ1) is 17.8. The summed E-state index contributed by atoms with van der Waals surface area (Å²) in [4.78, 5) is 25.5. The summed E-state index contributed by atoms with van der Waals surface area (Å²) in [5.74, 6) is -0.573. The van der Waals surface area contributed by atoms with E-state index >= 15 is 0 Å². The molecule has 2 N–H and O–H groups in total. The molecule has 0 radical (unpaired) electrons. The summed E-state index contributed by atoms with van der Waals surface area (Å²) in [5, 5.41) is 0. The second-order valence-corrected chi connectivity index (χ2v) is 6.03. The van der Waals surface area contributed by atoms with Gasteiger partial charge in [0.05, 0.1) is 0 Å². The summed E-state index contributed by atoms with van der Waals surface area (Å²) >= 11 is 0. The lowest BCUT2D eigenvalue weighted by Crippen LogP contribution is -2.50. The van der Waals surface area contributed by atoms with Gasteiger partial charge in [-0.15, -0.1) is 6.58 Å². The molecule has 2 amide bonds. The molecule has 120 valence electrons. The van der Waals surface area contributed by atoms with E-state index in [1.165, 1.54) is 4.90 Å². The molecule has 0 aromatic heterocycles. The van der Waals surface area contributed by atoms with Crippen molar-refractivity contribution >= 4 is 12.0 Å². The minimum absolute atomic E-state index is 0.190. The van der Waals surface area contributed by atoms with Gasteiger partial charge >= 0.3 is 6.09 Å². The lowest BCUT2D eigenvalue weighted by molar-refractivity contribution is -0.123. The first-order valence-electron chi connectivity index (χ1n) is 7.18. The van der Waals surface area contributed by atoms with Crippen molar-refractivity contribution in [3.05, 3.63) is 48.6 Å². The third-order valence-corrected chi connectivity index (χ3v) is 2.93. The Kier molecular flexibility index (Phi) is 6.16. The second kappa shape index (κ2) is 7.64. The van der Waals surface area contributed by atoms with Crippen LogP contribution in [0.2, 0.25) is 0 Å². The average Bonchev–Trinajstić information content (AvgIpc) is 2.41. The van der Waals surface area contributed by atoms with Crippen molar-refractivity contribution in [3.63, 3.8) is 0 Å². The van der Waals surface area contributed by atoms with E-state index in [1.807, 2.05) is 30.3 Å². The van der Waals surface area contributed by atoms with Gasteiger partial charge in [0.25, 0.3) is 0 Å². The predicted molar refractivity (Wildman–Crippen MR) is 86.3 cm³/mol. The maximum absolute atomic E-state index is 12.3. The van der Waals surface area contributed by atoms with Crippen LogP contribution in [0.15, 0.2) is 43.0 Å². The van der Waals surface area contributed by atoms with Crippen LogP contribution in [0.1, 0.15) is 26.3 Å². The number of rotatable bonds is 6. The zero-order valence-electron chi connectivity index (χ0n) is 13.4.